The van der Waals surface area contributed by atoms with Gasteiger partial charge in [-0.2, -0.15) is 0 Å². The Hall–Kier alpha value is -1.18. The molecule has 0 aromatic heterocycles. The Morgan fingerprint density at radius 3 is 2.79 bits per heavy atom. The Kier molecular flexibility index (Phi) is 7.71. The predicted octanol–water partition coefficient (Wildman–Crippen LogP) is 2.80. The minimum absolute atomic E-state index is 0.105. The number of rotatable bonds is 6. The molecular formula is C12H19NO. The first-order chi connectivity index (χ1) is 6.66. The molecule has 1 unspecified atom stereocenters. The molecule has 2 nitrogen and oxygen atoms in total. The summed E-state index contributed by atoms with van der Waals surface area (Å²) in [5.74, 6) is 0.513. The van der Waals surface area contributed by atoms with Gasteiger partial charge in [0.25, 0.3) is 0 Å². The first-order valence-corrected chi connectivity index (χ1v) is 5.00. The molecule has 0 N–H and O–H groups in total. The molecule has 2 heteroatoms. The molecule has 0 aromatic rings. The fraction of sp³-hybridized carbons (Fsp3) is 0.500. The Labute approximate surface area is 86.4 Å². The van der Waals surface area contributed by atoms with Crippen LogP contribution in [0, 0.1) is 5.92 Å². The van der Waals surface area contributed by atoms with E-state index in [0.717, 1.165) is 13.0 Å². The zero-order chi connectivity index (χ0) is 10.8. The third-order valence-electron chi connectivity index (χ3n) is 1.68. The molecule has 1 atom stereocenters. The van der Waals surface area contributed by atoms with Crippen LogP contribution in [0.4, 0.5) is 0 Å². The van der Waals surface area contributed by atoms with Gasteiger partial charge in [0, 0.05) is 12.8 Å². The maximum Gasteiger partial charge on any atom is 0.152 e. The topological polar surface area (TPSA) is 29.4 Å². The number of hydrogen-bond donors (Lipinski definition) is 0. The second-order valence-corrected chi connectivity index (χ2v) is 3.26. The monoisotopic (exact) mass is 193 g/mol. The number of carbonyl (C=O) groups excluding carboxylic acids is 1. The van der Waals surface area contributed by atoms with E-state index < -0.39 is 0 Å². The highest BCUT2D eigenvalue weighted by molar-refractivity contribution is 5.87. The molecule has 0 rings (SSSR count). The van der Waals surface area contributed by atoms with Crippen LogP contribution in [0.3, 0.4) is 0 Å². The highest BCUT2D eigenvalue weighted by Gasteiger charge is 1.92. The van der Waals surface area contributed by atoms with Crippen LogP contribution in [-0.2, 0) is 4.79 Å². The van der Waals surface area contributed by atoms with E-state index in [-0.39, 0.29) is 5.78 Å². The third kappa shape index (κ3) is 8.91. The average Bonchev–Trinajstić information content (AvgIpc) is 2.14. The summed E-state index contributed by atoms with van der Waals surface area (Å²) in [5, 5.41) is 0. The van der Waals surface area contributed by atoms with Crippen molar-refractivity contribution in [2.45, 2.75) is 27.2 Å². The van der Waals surface area contributed by atoms with Gasteiger partial charge < -0.3 is 0 Å². The molecular weight excluding hydrogens is 174 g/mol. The van der Waals surface area contributed by atoms with Crippen LogP contribution in [0.5, 0.6) is 0 Å². The van der Waals surface area contributed by atoms with E-state index in [2.05, 4.69) is 18.0 Å². The summed E-state index contributed by atoms with van der Waals surface area (Å²) in [4.78, 5) is 14.7. The van der Waals surface area contributed by atoms with Gasteiger partial charge in [-0.1, -0.05) is 19.1 Å². The molecule has 0 aliphatic carbocycles. The van der Waals surface area contributed by atoms with Crippen molar-refractivity contribution in [1.82, 2.24) is 0 Å². The van der Waals surface area contributed by atoms with Gasteiger partial charge in [-0.25, -0.2) is 0 Å². The number of ketones is 1. The fourth-order valence-corrected chi connectivity index (χ4v) is 0.899. The highest BCUT2D eigenvalue weighted by atomic mass is 16.1. The van der Waals surface area contributed by atoms with Crippen molar-refractivity contribution < 1.29 is 4.79 Å². The fourth-order valence-electron chi connectivity index (χ4n) is 0.899. The van der Waals surface area contributed by atoms with E-state index in [9.17, 15) is 4.79 Å². The zero-order valence-electron chi connectivity index (χ0n) is 9.23. The number of allylic oxidation sites excluding steroid dienone is 4. The second kappa shape index (κ2) is 8.42. The second-order valence-electron chi connectivity index (χ2n) is 3.26. The van der Waals surface area contributed by atoms with Gasteiger partial charge in [-0.15, -0.1) is 0 Å². The molecule has 14 heavy (non-hydrogen) atoms. The third-order valence-corrected chi connectivity index (χ3v) is 1.68. The molecule has 0 bridgehead atoms. The summed E-state index contributed by atoms with van der Waals surface area (Å²) in [6.45, 7) is 6.47. The van der Waals surface area contributed by atoms with Gasteiger partial charge in [0.15, 0.2) is 5.78 Å². The van der Waals surface area contributed by atoms with Crippen LogP contribution in [0.2, 0.25) is 0 Å². The molecule has 0 amide bonds. The summed E-state index contributed by atoms with van der Waals surface area (Å²) < 4.78 is 0. The number of nitrogens with zero attached hydrogens (tertiary/aromatic N) is 1. The lowest BCUT2D eigenvalue weighted by Gasteiger charge is -1.98. The van der Waals surface area contributed by atoms with Crippen LogP contribution in [0.25, 0.3) is 0 Å². The maximum absolute atomic E-state index is 10.6. The van der Waals surface area contributed by atoms with Gasteiger partial charge in [-0.05, 0) is 38.3 Å². The van der Waals surface area contributed by atoms with E-state index in [1.54, 1.807) is 19.2 Å². The number of hydrogen-bond acceptors (Lipinski definition) is 2. The van der Waals surface area contributed by atoms with Crippen LogP contribution >= 0.6 is 0 Å². The van der Waals surface area contributed by atoms with Crippen molar-refractivity contribution >= 4 is 12.0 Å². The smallest absolute Gasteiger partial charge is 0.152 e. The van der Waals surface area contributed by atoms with E-state index >= 15 is 0 Å². The lowest BCUT2D eigenvalue weighted by molar-refractivity contribution is -0.112. The molecule has 0 fully saturated rings. The molecule has 0 saturated heterocycles. The van der Waals surface area contributed by atoms with Crippen molar-refractivity contribution in [3.8, 4) is 0 Å². The molecule has 0 aliphatic heterocycles. The molecule has 78 valence electrons. The van der Waals surface area contributed by atoms with Crippen LogP contribution in [0.15, 0.2) is 29.3 Å². The van der Waals surface area contributed by atoms with Crippen molar-refractivity contribution in [3.05, 3.63) is 24.3 Å². The number of carbonyl (C=O) groups is 1. The Morgan fingerprint density at radius 1 is 1.50 bits per heavy atom. The van der Waals surface area contributed by atoms with Crippen molar-refractivity contribution in [2.24, 2.45) is 10.9 Å². The summed E-state index contributed by atoms with van der Waals surface area (Å²) >= 11 is 0. The molecule has 0 aromatic carbocycles. The zero-order valence-corrected chi connectivity index (χ0v) is 9.23. The molecule has 0 radical (unpaired) electrons. The van der Waals surface area contributed by atoms with Crippen molar-refractivity contribution in [3.63, 3.8) is 0 Å². The van der Waals surface area contributed by atoms with Gasteiger partial charge in [0.05, 0.1) is 0 Å². The number of aliphatic imine (C=N–C) groups is 1. The first kappa shape index (κ1) is 12.8. The molecule has 0 aliphatic rings. The summed E-state index contributed by atoms with van der Waals surface area (Å²) in [6, 6.07) is 0. The van der Waals surface area contributed by atoms with E-state index in [4.69, 9.17) is 0 Å². The Balaban J connectivity index is 3.73. The van der Waals surface area contributed by atoms with Gasteiger partial charge in [0.1, 0.15) is 0 Å². The summed E-state index contributed by atoms with van der Waals surface area (Å²) in [7, 11) is 0. The Morgan fingerprint density at radius 2 is 2.21 bits per heavy atom. The molecule has 0 saturated carbocycles. The van der Waals surface area contributed by atoms with E-state index in [1.807, 2.05) is 19.1 Å². The SMILES string of the molecule is CC/N=C\C=C/CC(C)/C=C\C(C)=O. The largest absolute Gasteiger partial charge is 0.295 e. The summed E-state index contributed by atoms with van der Waals surface area (Å²) in [5.41, 5.74) is 0. The van der Waals surface area contributed by atoms with Crippen LogP contribution in [0.1, 0.15) is 27.2 Å². The van der Waals surface area contributed by atoms with Gasteiger partial charge >= 0.3 is 0 Å². The van der Waals surface area contributed by atoms with Crippen LogP contribution in [-0.4, -0.2) is 18.5 Å². The van der Waals surface area contributed by atoms with Crippen molar-refractivity contribution in [2.75, 3.05) is 6.54 Å². The minimum atomic E-state index is 0.105. The lowest BCUT2D eigenvalue weighted by atomic mass is 10.1. The molecule has 0 heterocycles. The standard InChI is InChI=1S/C12H19NO/c1-4-13-10-6-5-7-11(2)8-9-12(3)14/h5-6,8-11H,4,7H2,1-3H3/b6-5-,9-8-,13-10-. The molecule has 0 spiro atoms. The maximum atomic E-state index is 10.6. The highest BCUT2D eigenvalue weighted by Crippen LogP contribution is 2.04. The van der Waals surface area contributed by atoms with Crippen molar-refractivity contribution in [1.29, 1.82) is 0 Å². The minimum Gasteiger partial charge on any atom is -0.295 e. The van der Waals surface area contributed by atoms with Gasteiger partial charge in [-0.3, -0.25) is 9.79 Å². The quantitative estimate of drug-likeness (QED) is 0.471. The average molecular weight is 193 g/mol. The summed E-state index contributed by atoms with van der Waals surface area (Å²) in [6.07, 6.45) is 10.3. The van der Waals surface area contributed by atoms with Gasteiger partial charge in [0.2, 0.25) is 0 Å². The lowest BCUT2D eigenvalue weighted by Crippen LogP contribution is -1.89. The van der Waals surface area contributed by atoms with Crippen LogP contribution < -0.4 is 0 Å². The normalized spacial score (nSPS) is 14.5. The first-order valence-electron chi connectivity index (χ1n) is 5.00. The Bertz CT molecular complexity index is 239. The predicted molar refractivity (Wildman–Crippen MR) is 61.8 cm³/mol. The van der Waals surface area contributed by atoms with E-state index in [1.165, 1.54) is 0 Å². The van der Waals surface area contributed by atoms with E-state index in [0.29, 0.717) is 5.92 Å².